The van der Waals surface area contributed by atoms with Gasteiger partial charge in [-0.3, -0.25) is 4.79 Å². The van der Waals surface area contributed by atoms with Crippen molar-refractivity contribution in [1.29, 1.82) is 0 Å². The van der Waals surface area contributed by atoms with Crippen LogP contribution in [0, 0.1) is 0 Å². The number of pyridine rings is 1. The molecule has 1 aromatic carbocycles. The summed E-state index contributed by atoms with van der Waals surface area (Å²) in [7, 11) is 0. The van der Waals surface area contributed by atoms with E-state index in [0.29, 0.717) is 12.2 Å². The predicted molar refractivity (Wildman–Crippen MR) is 97.9 cm³/mol. The Morgan fingerprint density at radius 1 is 1.12 bits per heavy atom. The van der Waals surface area contributed by atoms with Gasteiger partial charge in [-0.15, -0.1) is 0 Å². The van der Waals surface area contributed by atoms with E-state index in [1.54, 1.807) is 12.3 Å². The highest BCUT2D eigenvalue weighted by Crippen LogP contribution is 2.21. The van der Waals surface area contributed by atoms with E-state index in [9.17, 15) is 4.79 Å². The topological polar surface area (TPSA) is 63.2 Å². The zero-order chi connectivity index (χ0) is 17.4. The van der Waals surface area contributed by atoms with Crippen LogP contribution >= 0.6 is 0 Å². The second-order valence-corrected chi connectivity index (χ2v) is 5.90. The molecule has 0 fully saturated rings. The predicted octanol–water partition coefficient (Wildman–Crippen LogP) is 4.74. The maximum atomic E-state index is 11.7. The fourth-order valence-electron chi connectivity index (χ4n) is 2.14. The highest BCUT2D eigenvalue weighted by atomic mass is 16.5. The lowest BCUT2D eigenvalue weighted by Crippen LogP contribution is -2.12. The number of nitrogens with one attached hydrogen (secondary N) is 2. The standard InChI is InChI=1S/C19H25N3O2/c1-4-5-6-19(23)22-18-12-9-16(13-20-18)21-15-7-10-17(11-8-15)24-14(2)3/h7-14,21H,4-6H2,1-3H3,(H,20,22,23). The number of unbranched alkanes of at least 4 members (excludes halogenated alkanes) is 1. The van der Waals surface area contributed by atoms with Crippen molar-refractivity contribution in [3.05, 3.63) is 42.6 Å². The second-order valence-electron chi connectivity index (χ2n) is 5.90. The molecule has 1 aromatic heterocycles. The summed E-state index contributed by atoms with van der Waals surface area (Å²) < 4.78 is 5.62. The van der Waals surface area contributed by atoms with Crippen molar-refractivity contribution in [3.8, 4) is 5.75 Å². The van der Waals surface area contributed by atoms with Crippen molar-refractivity contribution in [2.75, 3.05) is 10.6 Å². The van der Waals surface area contributed by atoms with Crippen LogP contribution in [0.2, 0.25) is 0 Å². The summed E-state index contributed by atoms with van der Waals surface area (Å²) in [6.45, 7) is 6.06. The SMILES string of the molecule is CCCCC(=O)Nc1ccc(Nc2ccc(OC(C)C)cc2)cn1. The van der Waals surface area contributed by atoms with Crippen molar-refractivity contribution in [3.63, 3.8) is 0 Å². The molecule has 0 saturated heterocycles. The van der Waals surface area contributed by atoms with E-state index >= 15 is 0 Å². The van der Waals surface area contributed by atoms with Gasteiger partial charge in [0.15, 0.2) is 0 Å². The van der Waals surface area contributed by atoms with Gasteiger partial charge in [-0.25, -0.2) is 4.98 Å². The lowest BCUT2D eigenvalue weighted by molar-refractivity contribution is -0.116. The molecule has 0 aliphatic heterocycles. The van der Waals surface area contributed by atoms with Crippen LogP contribution < -0.4 is 15.4 Å². The van der Waals surface area contributed by atoms with Gasteiger partial charge in [0, 0.05) is 12.1 Å². The maximum Gasteiger partial charge on any atom is 0.225 e. The fraction of sp³-hybridized carbons (Fsp3) is 0.368. The van der Waals surface area contributed by atoms with E-state index in [4.69, 9.17) is 4.74 Å². The van der Waals surface area contributed by atoms with E-state index in [0.717, 1.165) is 30.0 Å². The molecule has 1 heterocycles. The van der Waals surface area contributed by atoms with Crippen molar-refractivity contribution in [1.82, 2.24) is 4.98 Å². The lowest BCUT2D eigenvalue weighted by Gasteiger charge is -2.11. The summed E-state index contributed by atoms with van der Waals surface area (Å²) in [5.41, 5.74) is 1.81. The summed E-state index contributed by atoms with van der Waals surface area (Å²) in [5.74, 6) is 1.42. The Bertz CT molecular complexity index is 637. The number of ether oxygens (including phenoxy) is 1. The van der Waals surface area contributed by atoms with E-state index in [2.05, 4.69) is 22.5 Å². The van der Waals surface area contributed by atoms with Gasteiger partial charge in [0.1, 0.15) is 11.6 Å². The van der Waals surface area contributed by atoms with Crippen LogP contribution in [0.1, 0.15) is 40.0 Å². The monoisotopic (exact) mass is 327 g/mol. The second kappa shape index (κ2) is 8.91. The molecule has 2 N–H and O–H groups in total. The number of rotatable bonds is 8. The molecule has 0 spiro atoms. The Morgan fingerprint density at radius 2 is 1.83 bits per heavy atom. The first kappa shape index (κ1) is 17.8. The summed E-state index contributed by atoms with van der Waals surface area (Å²) >= 11 is 0. The van der Waals surface area contributed by atoms with Crippen LogP contribution in [0.15, 0.2) is 42.6 Å². The minimum absolute atomic E-state index is 0.00537. The molecule has 2 rings (SSSR count). The third kappa shape index (κ3) is 5.91. The Hall–Kier alpha value is -2.56. The highest BCUT2D eigenvalue weighted by molar-refractivity contribution is 5.89. The third-order valence-corrected chi connectivity index (χ3v) is 3.30. The summed E-state index contributed by atoms with van der Waals surface area (Å²) in [4.78, 5) is 15.9. The van der Waals surface area contributed by atoms with Crippen LogP contribution in [-0.2, 0) is 4.79 Å². The van der Waals surface area contributed by atoms with Gasteiger partial charge in [-0.05, 0) is 56.7 Å². The molecule has 0 aliphatic carbocycles. The lowest BCUT2D eigenvalue weighted by atomic mass is 10.2. The number of hydrogen-bond acceptors (Lipinski definition) is 4. The van der Waals surface area contributed by atoms with E-state index in [-0.39, 0.29) is 12.0 Å². The molecule has 0 atom stereocenters. The number of carbonyl (C=O) groups excluding carboxylic acids is 1. The van der Waals surface area contributed by atoms with Gasteiger partial charge in [-0.2, -0.15) is 0 Å². The van der Waals surface area contributed by atoms with Gasteiger partial charge in [0.05, 0.1) is 18.0 Å². The number of benzene rings is 1. The van der Waals surface area contributed by atoms with Crippen LogP contribution in [0.25, 0.3) is 0 Å². The molecule has 0 bridgehead atoms. The number of carbonyl (C=O) groups is 1. The molecule has 0 radical (unpaired) electrons. The first-order chi connectivity index (χ1) is 11.6. The van der Waals surface area contributed by atoms with Crippen LogP contribution in [-0.4, -0.2) is 17.0 Å². The number of aromatic nitrogens is 1. The molecule has 0 saturated carbocycles. The first-order valence-electron chi connectivity index (χ1n) is 8.36. The van der Waals surface area contributed by atoms with Crippen LogP contribution in [0.5, 0.6) is 5.75 Å². The van der Waals surface area contributed by atoms with Crippen molar-refractivity contribution >= 4 is 23.1 Å². The normalized spacial score (nSPS) is 10.5. The van der Waals surface area contributed by atoms with Gasteiger partial charge < -0.3 is 15.4 Å². The van der Waals surface area contributed by atoms with Gasteiger partial charge >= 0.3 is 0 Å². The molecular weight excluding hydrogens is 302 g/mol. The molecule has 0 unspecified atom stereocenters. The largest absolute Gasteiger partial charge is 0.491 e. The highest BCUT2D eigenvalue weighted by Gasteiger charge is 2.03. The zero-order valence-corrected chi connectivity index (χ0v) is 14.5. The Morgan fingerprint density at radius 3 is 2.42 bits per heavy atom. The number of nitrogens with zero attached hydrogens (tertiary/aromatic N) is 1. The van der Waals surface area contributed by atoms with Crippen LogP contribution in [0.4, 0.5) is 17.2 Å². The van der Waals surface area contributed by atoms with Gasteiger partial charge in [0.2, 0.25) is 5.91 Å². The van der Waals surface area contributed by atoms with Crippen LogP contribution in [0.3, 0.4) is 0 Å². The average molecular weight is 327 g/mol. The summed E-state index contributed by atoms with van der Waals surface area (Å²) in [6, 6.07) is 11.5. The molecular formula is C19H25N3O2. The average Bonchev–Trinajstić information content (AvgIpc) is 2.56. The first-order valence-corrected chi connectivity index (χ1v) is 8.36. The molecule has 5 nitrogen and oxygen atoms in total. The molecule has 24 heavy (non-hydrogen) atoms. The van der Waals surface area contributed by atoms with Crippen molar-refractivity contribution in [2.45, 2.75) is 46.1 Å². The van der Waals surface area contributed by atoms with Crippen molar-refractivity contribution in [2.24, 2.45) is 0 Å². The molecule has 5 heteroatoms. The number of hydrogen-bond donors (Lipinski definition) is 2. The quantitative estimate of drug-likeness (QED) is 0.735. The van der Waals surface area contributed by atoms with E-state index in [1.807, 2.05) is 44.2 Å². The Balaban J connectivity index is 1.90. The smallest absolute Gasteiger partial charge is 0.225 e. The van der Waals surface area contributed by atoms with Crippen molar-refractivity contribution < 1.29 is 9.53 Å². The van der Waals surface area contributed by atoms with Gasteiger partial charge in [0.25, 0.3) is 0 Å². The Labute approximate surface area is 143 Å². The minimum atomic E-state index is 0.00537. The Kier molecular flexibility index (Phi) is 6.61. The zero-order valence-electron chi connectivity index (χ0n) is 14.5. The summed E-state index contributed by atoms with van der Waals surface area (Å²) in [6.07, 6.45) is 4.29. The number of anilines is 3. The summed E-state index contributed by atoms with van der Waals surface area (Å²) in [5, 5.41) is 6.07. The minimum Gasteiger partial charge on any atom is -0.491 e. The molecule has 1 amide bonds. The maximum absolute atomic E-state index is 11.7. The fourth-order valence-corrected chi connectivity index (χ4v) is 2.14. The van der Waals surface area contributed by atoms with Gasteiger partial charge in [-0.1, -0.05) is 13.3 Å². The number of amides is 1. The van der Waals surface area contributed by atoms with E-state index in [1.165, 1.54) is 0 Å². The molecule has 128 valence electrons. The third-order valence-electron chi connectivity index (χ3n) is 3.30. The van der Waals surface area contributed by atoms with E-state index < -0.39 is 0 Å². The molecule has 2 aromatic rings. The molecule has 0 aliphatic rings.